The summed E-state index contributed by atoms with van der Waals surface area (Å²) in [4.78, 5) is 40.8. The second-order valence-corrected chi connectivity index (χ2v) is 7.12. The number of para-hydroxylation sites is 2. The van der Waals surface area contributed by atoms with Crippen molar-refractivity contribution in [1.82, 2.24) is 15.1 Å². The Kier molecular flexibility index (Phi) is 6.27. The average molecular weight is 417 g/mol. The standard InChI is InChI=1S/C18H19N5O5S/c1-10-11(16(25)23(2)17(26)19-10)8-15-21-22-18(28-15)29-9-14(24)20-12-6-4-5-7-13(12)27-3/h4-7,11H,8-9H2,1-3H3,(H,20,24). The van der Waals surface area contributed by atoms with E-state index in [1.807, 2.05) is 0 Å². The molecule has 0 radical (unpaired) electrons. The second kappa shape index (κ2) is 8.86. The van der Waals surface area contributed by atoms with Crippen molar-refractivity contribution in [3.63, 3.8) is 0 Å². The fourth-order valence-corrected chi connectivity index (χ4v) is 3.24. The van der Waals surface area contributed by atoms with Gasteiger partial charge in [-0.25, -0.2) is 9.79 Å². The maximum atomic E-state index is 12.3. The van der Waals surface area contributed by atoms with Gasteiger partial charge in [0.15, 0.2) is 0 Å². The highest BCUT2D eigenvalue weighted by atomic mass is 32.2. The summed E-state index contributed by atoms with van der Waals surface area (Å²) in [6, 6.07) is 6.49. The first-order valence-electron chi connectivity index (χ1n) is 8.63. The molecule has 1 aliphatic heterocycles. The fourth-order valence-electron chi connectivity index (χ4n) is 2.66. The fraction of sp³-hybridized carbons (Fsp3) is 0.333. The Balaban J connectivity index is 1.57. The number of nitrogens with one attached hydrogen (secondary N) is 1. The third kappa shape index (κ3) is 4.80. The third-order valence-corrected chi connectivity index (χ3v) is 5.05. The molecule has 11 heteroatoms. The predicted octanol–water partition coefficient (Wildman–Crippen LogP) is 2.02. The van der Waals surface area contributed by atoms with Crippen molar-refractivity contribution in [2.45, 2.75) is 18.6 Å². The van der Waals surface area contributed by atoms with E-state index >= 15 is 0 Å². The van der Waals surface area contributed by atoms with Gasteiger partial charge in [-0.3, -0.25) is 14.5 Å². The van der Waals surface area contributed by atoms with Crippen LogP contribution >= 0.6 is 11.8 Å². The number of hydrogen-bond acceptors (Lipinski definition) is 8. The van der Waals surface area contributed by atoms with Gasteiger partial charge in [0.2, 0.25) is 17.7 Å². The van der Waals surface area contributed by atoms with Gasteiger partial charge >= 0.3 is 6.03 Å². The minimum atomic E-state index is -0.634. The minimum absolute atomic E-state index is 0.0553. The Morgan fingerprint density at radius 1 is 1.31 bits per heavy atom. The molecular formula is C18H19N5O5S. The Bertz CT molecular complexity index is 973. The van der Waals surface area contributed by atoms with Gasteiger partial charge in [0.25, 0.3) is 5.22 Å². The molecule has 0 spiro atoms. The number of carbonyl (C=O) groups is 3. The summed E-state index contributed by atoms with van der Waals surface area (Å²) >= 11 is 1.07. The Morgan fingerprint density at radius 3 is 2.83 bits per heavy atom. The van der Waals surface area contributed by atoms with E-state index in [0.717, 1.165) is 16.7 Å². The monoisotopic (exact) mass is 417 g/mol. The molecule has 1 aliphatic rings. The van der Waals surface area contributed by atoms with Crippen molar-refractivity contribution in [3.8, 4) is 5.75 Å². The zero-order valence-corrected chi connectivity index (χ0v) is 16.9. The number of amides is 4. The van der Waals surface area contributed by atoms with Gasteiger partial charge in [0.05, 0.1) is 24.5 Å². The van der Waals surface area contributed by atoms with Gasteiger partial charge in [0, 0.05) is 19.2 Å². The van der Waals surface area contributed by atoms with Crippen molar-refractivity contribution in [2.75, 3.05) is 25.2 Å². The normalized spacial score (nSPS) is 16.6. The number of ether oxygens (including phenoxy) is 1. The van der Waals surface area contributed by atoms with Crippen molar-refractivity contribution < 1.29 is 23.5 Å². The van der Waals surface area contributed by atoms with E-state index in [1.165, 1.54) is 14.2 Å². The van der Waals surface area contributed by atoms with Crippen LogP contribution in [-0.4, -0.2) is 58.6 Å². The molecule has 3 rings (SSSR count). The molecule has 4 amide bonds. The Labute approximate surface area is 170 Å². The first-order valence-corrected chi connectivity index (χ1v) is 9.62. The molecule has 0 saturated carbocycles. The first kappa shape index (κ1) is 20.5. The molecule has 152 valence electrons. The SMILES string of the molecule is COc1ccccc1NC(=O)CSc1nnc(CC2C(=O)N(C)C(=O)N=C2C)o1. The van der Waals surface area contributed by atoms with Gasteiger partial charge in [0.1, 0.15) is 5.75 Å². The van der Waals surface area contributed by atoms with Crippen LogP contribution in [0.3, 0.4) is 0 Å². The molecule has 2 heterocycles. The highest BCUT2D eigenvalue weighted by Crippen LogP contribution is 2.24. The summed E-state index contributed by atoms with van der Waals surface area (Å²) < 4.78 is 10.7. The minimum Gasteiger partial charge on any atom is -0.495 e. The number of imide groups is 1. The molecule has 2 aromatic rings. The van der Waals surface area contributed by atoms with E-state index in [1.54, 1.807) is 31.2 Å². The van der Waals surface area contributed by atoms with Crippen LogP contribution in [0.2, 0.25) is 0 Å². The van der Waals surface area contributed by atoms with E-state index < -0.39 is 11.9 Å². The highest BCUT2D eigenvalue weighted by Gasteiger charge is 2.34. The van der Waals surface area contributed by atoms with Crippen LogP contribution in [0, 0.1) is 5.92 Å². The predicted molar refractivity (Wildman–Crippen MR) is 105 cm³/mol. The number of thioether (sulfide) groups is 1. The van der Waals surface area contributed by atoms with E-state index in [0.29, 0.717) is 17.1 Å². The molecule has 10 nitrogen and oxygen atoms in total. The molecule has 0 fully saturated rings. The van der Waals surface area contributed by atoms with Crippen LogP contribution in [0.25, 0.3) is 0 Å². The van der Waals surface area contributed by atoms with Crippen molar-refractivity contribution in [3.05, 3.63) is 30.2 Å². The summed E-state index contributed by atoms with van der Waals surface area (Å²) in [6.07, 6.45) is 0.132. The molecule has 1 aromatic carbocycles. The number of methoxy groups -OCH3 is 1. The molecule has 1 aromatic heterocycles. The van der Waals surface area contributed by atoms with Crippen LogP contribution in [0.15, 0.2) is 38.9 Å². The molecule has 1 N–H and O–H groups in total. The lowest BCUT2D eigenvalue weighted by molar-refractivity contribution is -0.129. The lowest BCUT2D eigenvalue weighted by atomic mass is 9.97. The number of aliphatic imine (C=N–C) groups is 1. The van der Waals surface area contributed by atoms with Crippen LogP contribution < -0.4 is 10.1 Å². The van der Waals surface area contributed by atoms with Gasteiger partial charge in [-0.15, -0.1) is 10.2 Å². The second-order valence-electron chi connectivity index (χ2n) is 6.19. The number of anilines is 1. The quantitative estimate of drug-likeness (QED) is 0.678. The van der Waals surface area contributed by atoms with Gasteiger partial charge in [-0.05, 0) is 19.1 Å². The van der Waals surface area contributed by atoms with E-state index in [-0.39, 0.29) is 35.1 Å². The summed E-state index contributed by atoms with van der Waals surface area (Å²) in [5, 5.41) is 10.8. The average Bonchev–Trinajstić information content (AvgIpc) is 3.16. The number of urea groups is 1. The number of benzene rings is 1. The molecule has 29 heavy (non-hydrogen) atoms. The summed E-state index contributed by atoms with van der Waals surface area (Å²) in [5.41, 5.74) is 0.970. The number of rotatable bonds is 7. The molecule has 0 saturated heterocycles. The number of nitrogens with zero attached hydrogens (tertiary/aromatic N) is 4. The van der Waals surface area contributed by atoms with Crippen molar-refractivity contribution in [1.29, 1.82) is 0 Å². The van der Waals surface area contributed by atoms with Gasteiger partial charge in [-0.2, -0.15) is 0 Å². The number of carbonyl (C=O) groups excluding carboxylic acids is 3. The zero-order valence-electron chi connectivity index (χ0n) is 16.0. The van der Waals surface area contributed by atoms with Crippen LogP contribution in [-0.2, 0) is 16.0 Å². The molecule has 1 unspecified atom stereocenters. The van der Waals surface area contributed by atoms with Crippen LogP contribution in [0.1, 0.15) is 12.8 Å². The third-order valence-electron chi connectivity index (χ3n) is 4.23. The Hall–Kier alpha value is -3.21. The topological polar surface area (TPSA) is 127 Å². The van der Waals surface area contributed by atoms with E-state index in [9.17, 15) is 14.4 Å². The first-order chi connectivity index (χ1) is 13.9. The molecule has 1 atom stereocenters. The maximum Gasteiger partial charge on any atom is 0.349 e. The molecular weight excluding hydrogens is 398 g/mol. The number of aromatic nitrogens is 2. The lowest BCUT2D eigenvalue weighted by Gasteiger charge is -2.24. The Morgan fingerprint density at radius 2 is 2.07 bits per heavy atom. The van der Waals surface area contributed by atoms with Crippen molar-refractivity contribution >= 4 is 41.0 Å². The highest BCUT2D eigenvalue weighted by molar-refractivity contribution is 7.99. The van der Waals surface area contributed by atoms with Crippen LogP contribution in [0.4, 0.5) is 10.5 Å². The summed E-state index contributed by atoms with van der Waals surface area (Å²) in [5.74, 6) is -0.419. The van der Waals surface area contributed by atoms with Crippen LogP contribution in [0.5, 0.6) is 5.75 Å². The van der Waals surface area contributed by atoms with Gasteiger partial charge in [-0.1, -0.05) is 23.9 Å². The summed E-state index contributed by atoms with van der Waals surface area (Å²) in [6.45, 7) is 1.61. The zero-order chi connectivity index (χ0) is 21.0. The smallest absolute Gasteiger partial charge is 0.349 e. The lowest BCUT2D eigenvalue weighted by Crippen LogP contribution is -2.44. The molecule has 0 aliphatic carbocycles. The largest absolute Gasteiger partial charge is 0.495 e. The number of hydrogen-bond donors (Lipinski definition) is 1. The molecule has 0 bridgehead atoms. The van der Waals surface area contributed by atoms with E-state index in [4.69, 9.17) is 9.15 Å². The van der Waals surface area contributed by atoms with Crippen molar-refractivity contribution in [2.24, 2.45) is 10.9 Å². The summed E-state index contributed by atoms with van der Waals surface area (Å²) in [7, 11) is 2.90. The van der Waals surface area contributed by atoms with Gasteiger partial charge < -0.3 is 14.5 Å². The maximum absolute atomic E-state index is 12.3. The van der Waals surface area contributed by atoms with E-state index in [2.05, 4.69) is 20.5 Å².